The molecule has 3 aromatic rings. The number of fused-ring (bicyclic) bond motifs is 5. The van der Waals surface area contributed by atoms with Crippen LogP contribution in [0.25, 0.3) is 0 Å². The maximum atomic E-state index is 13.1. The van der Waals surface area contributed by atoms with E-state index in [1.54, 1.807) is 19.2 Å². The van der Waals surface area contributed by atoms with Gasteiger partial charge in [-0.1, -0.05) is 18.2 Å². The van der Waals surface area contributed by atoms with Crippen molar-refractivity contribution >= 4 is 23.5 Å². The molecule has 1 aromatic heterocycles. The van der Waals surface area contributed by atoms with E-state index in [1.807, 2.05) is 62.3 Å². The van der Waals surface area contributed by atoms with Crippen LogP contribution in [0.3, 0.4) is 0 Å². The minimum Gasteiger partial charge on any atom is -0.457 e. The average Bonchev–Trinajstić information content (AvgIpc) is 3.30. The normalized spacial score (nSPS) is 20.0. The molecule has 2 aromatic carbocycles. The number of likely N-dealkylation sites (N-methyl/N-ethyl adjacent to an activating group) is 1. The summed E-state index contributed by atoms with van der Waals surface area (Å²) in [5.74, 6) is 2.29. The average molecular weight is 517 g/mol. The maximum absolute atomic E-state index is 13.1. The van der Waals surface area contributed by atoms with Gasteiger partial charge < -0.3 is 29.5 Å². The van der Waals surface area contributed by atoms with E-state index in [9.17, 15) is 9.59 Å². The summed E-state index contributed by atoms with van der Waals surface area (Å²) in [5, 5.41) is 3.09. The monoisotopic (exact) mass is 516 g/mol. The molecule has 0 radical (unpaired) electrons. The van der Waals surface area contributed by atoms with Crippen LogP contribution in [-0.2, 0) is 16.1 Å². The lowest BCUT2D eigenvalue weighted by Crippen LogP contribution is -2.48. The van der Waals surface area contributed by atoms with E-state index < -0.39 is 0 Å². The van der Waals surface area contributed by atoms with E-state index in [0.29, 0.717) is 36.8 Å². The molecule has 2 aliphatic rings. The molecule has 1 fully saturated rings. The number of rotatable bonds is 2. The molecule has 10 heteroatoms. The summed E-state index contributed by atoms with van der Waals surface area (Å²) in [6.45, 7) is 3.26. The van der Waals surface area contributed by atoms with Gasteiger partial charge in [-0.05, 0) is 42.3 Å². The van der Waals surface area contributed by atoms with E-state index in [4.69, 9.17) is 9.47 Å². The third-order valence-corrected chi connectivity index (χ3v) is 6.79. The number of benzene rings is 2. The molecule has 38 heavy (non-hydrogen) atoms. The molecule has 2 amide bonds. The van der Waals surface area contributed by atoms with Gasteiger partial charge in [0, 0.05) is 45.9 Å². The number of nitrogens with zero attached hydrogens (tertiary/aromatic N) is 5. The van der Waals surface area contributed by atoms with Gasteiger partial charge in [-0.2, -0.15) is 0 Å². The molecule has 1 N–H and O–H groups in total. The molecule has 0 unspecified atom stereocenters. The molecule has 198 valence electrons. The van der Waals surface area contributed by atoms with Crippen LogP contribution in [-0.4, -0.2) is 79.6 Å². The fraction of sp³-hybridized carbons (Fsp3) is 0.357. The Bertz CT molecular complexity index is 1350. The molecule has 10 nitrogen and oxygen atoms in total. The highest BCUT2D eigenvalue weighted by Gasteiger charge is 2.36. The largest absolute Gasteiger partial charge is 0.457 e. The van der Waals surface area contributed by atoms with Crippen LogP contribution in [0, 0.1) is 6.92 Å². The molecule has 3 heterocycles. The molecule has 1 saturated heterocycles. The zero-order chi connectivity index (χ0) is 26.8. The van der Waals surface area contributed by atoms with Crippen LogP contribution in [0.2, 0.25) is 0 Å². The third-order valence-electron chi connectivity index (χ3n) is 6.79. The van der Waals surface area contributed by atoms with E-state index in [0.717, 1.165) is 22.8 Å². The van der Waals surface area contributed by atoms with Crippen LogP contribution in [0.1, 0.15) is 21.5 Å². The van der Waals surface area contributed by atoms with Crippen molar-refractivity contribution in [1.29, 1.82) is 0 Å². The molecule has 5 rings (SSSR count). The predicted molar refractivity (Wildman–Crippen MR) is 144 cm³/mol. The number of aromatic nitrogens is 2. The fourth-order valence-corrected chi connectivity index (χ4v) is 4.66. The summed E-state index contributed by atoms with van der Waals surface area (Å²) in [5.41, 5.74) is 2.30. The maximum Gasteiger partial charge on any atom is 0.254 e. The van der Waals surface area contributed by atoms with Gasteiger partial charge >= 0.3 is 0 Å². The summed E-state index contributed by atoms with van der Waals surface area (Å²) in [6.07, 6.45) is 1.25. The summed E-state index contributed by atoms with van der Waals surface area (Å²) < 4.78 is 12.5. The van der Waals surface area contributed by atoms with E-state index in [-0.39, 0.29) is 30.5 Å². The number of ether oxygens (including phenoxy) is 2. The smallest absolute Gasteiger partial charge is 0.254 e. The quantitative estimate of drug-likeness (QED) is 0.555. The zero-order valence-electron chi connectivity index (χ0n) is 22.0. The standard InChI is InChI=1S/C28H32N6O4/c1-18-8-9-20-11-23(18)38-21-7-5-6-19(10-21)16-37-24-14-34(26-12-25(32(2)3)29-17-30-26)13-22(24)31-27(35)15-33(4)28(20)36/h5-12,17,22,24H,13-16H2,1-4H3,(H,31,35)/t22-,24-/m0/s1. The number of anilines is 2. The van der Waals surface area contributed by atoms with Crippen LogP contribution >= 0.6 is 0 Å². The molecule has 4 bridgehead atoms. The van der Waals surface area contributed by atoms with Gasteiger partial charge in [0.2, 0.25) is 5.91 Å². The molecule has 0 saturated carbocycles. The van der Waals surface area contributed by atoms with Crippen molar-refractivity contribution in [2.75, 3.05) is 50.6 Å². The van der Waals surface area contributed by atoms with Crippen molar-refractivity contribution in [3.05, 3.63) is 71.5 Å². The van der Waals surface area contributed by atoms with Gasteiger partial charge in [-0.25, -0.2) is 9.97 Å². The Morgan fingerprint density at radius 1 is 1.05 bits per heavy atom. The molecule has 2 atom stereocenters. The second-order valence-corrected chi connectivity index (χ2v) is 9.95. The number of aryl methyl sites for hydroxylation is 1. The Morgan fingerprint density at radius 2 is 1.89 bits per heavy atom. The summed E-state index contributed by atoms with van der Waals surface area (Å²) in [6, 6.07) is 14.6. The molecule has 0 aliphatic carbocycles. The highest BCUT2D eigenvalue weighted by Crippen LogP contribution is 2.28. The number of carbonyl (C=O) groups excluding carboxylic acids is 2. The fourth-order valence-electron chi connectivity index (χ4n) is 4.66. The third kappa shape index (κ3) is 5.55. The van der Waals surface area contributed by atoms with Gasteiger partial charge in [-0.15, -0.1) is 0 Å². The lowest BCUT2D eigenvalue weighted by molar-refractivity contribution is -0.123. The molecular weight excluding hydrogens is 484 g/mol. The number of hydrogen-bond acceptors (Lipinski definition) is 8. The minimum atomic E-state index is -0.290. The Labute approximate surface area is 222 Å². The molecule has 0 spiro atoms. The van der Waals surface area contributed by atoms with Crippen LogP contribution < -0.4 is 19.9 Å². The van der Waals surface area contributed by atoms with Crippen molar-refractivity contribution in [1.82, 2.24) is 20.2 Å². The van der Waals surface area contributed by atoms with Gasteiger partial charge in [0.05, 0.1) is 25.3 Å². The first-order valence-corrected chi connectivity index (χ1v) is 12.5. The van der Waals surface area contributed by atoms with Crippen LogP contribution in [0.4, 0.5) is 11.6 Å². The number of amides is 2. The summed E-state index contributed by atoms with van der Waals surface area (Å²) >= 11 is 0. The predicted octanol–water partition coefficient (Wildman–Crippen LogP) is 2.62. The van der Waals surface area contributed by atoms with E-state index in [2.05, 4.69) is 20.2 Å². The SMILES string of the molecule is Cc1ccc2cc1Oc1cccc(c1)CO[C@H]1CN(c3cc(N(C)C)ncn3)C[C@@H]1NC(=O)CN(C)C2=O. The topological polar surface area (TPSA) is 100 Å². The molecule has 2 aliphatic heterocycles. The van der Waals surface area contributed by atoms with E-state index in [1.165, 1.54) is 11.2 Å². The summed E-state index contributed by atoms with van der Waals surface area (Å²) in [4.78, 5) is 40.3. The van der Waals surface area contributed by atoms with Crippen molar-refractivity contribution in [3.63, 3.8) is 0 Å². The number of carbonyl (C=O) groups is 2. The first-order chi connectivity index (χ1) is 18.3. The zero-order valence-corrected chi connectivity index (χ0v) is 22.0. The lowest BCUT2D eigenvalue weighted by atomic mass is 10.1. The number of nitrogens with one attached hydrogen (secondary N) is 1. The van der Waals surface area contributed by atoms with Crippen LogP contribution in [0.15, 0.2) is 54.9 Å². The Morgan fingerprint density at radius 3 is 2.71 bits per heavy atom. The molecular formula is C28H32N6O4. The Balaban J connectivity index is 1.44. The highest BCUT2D eigenvalue weighted by atomic mass is 16.5. The van der Waals surface area contributed by atoms with Gasteiger partial charge in [-0.3, -0.25) is 9.59 Å². The number of hydrogen-bond donors (Lipinski definition) is 1. The second-order valence-electron chi connectivity index (χ2n) is 9.95. The van der Waals surface area contributed by atoms with Gasteiger partial charge in [0.1, 0.15) is 29.5 Å². The van der Waals surface area contributed by atoms with Crippen LogP contribution in [0.5, 0.6) is 11.5 Å². The summed E-state index contributed by atoms with van der Waals surface area (Å²) in [7, 11) is 5.47. The Kier molecular flexibility index (Phi) is 7.15. The van der Waals surface area contributed by atoms with Crippen molar-refractivity contribution in [3.8, 4) is 11.5 Å². The first kappa shape index (κ1) is 25.5. The lowest BCUT2D eigenvalue weighted by Gasteiger charge is -2.23. The van der Waals surface area contributed by atoms with Gasteiger partial charge in [0.15, 0.2) is 0 Å². The van der Waals surface area contributed by atoms with Crippen molar-refractivity contribution in [2.45, 2.75) is 25.7 Å². The van der Waals surface area contributed by atoms with E-state index >= 15 is 0 Å². The van der Waals surface area contributed by atoms with Crippen molar-refractivity contribution in [2.24, 2.45) is 0 Å². The second kappa shape index (κ2) is 10.7. The Hall–Kier alpha value is -4.18. The minimum absolute atomic E-state index is 0.0799. The van der Waals surface area contributed by atoms with Crippen molar-refractivity contribution < 1.29 is 19.1 Å². The van der Waals surface area contributed by atoms with Gasteiger partial charge in [0.25, 0.3) is 5.91 Å². The highest BCUT2D eigenvalue weighted by molar-refractivity contribution is 5.96. The first-order valence-electron chi connectivity index (χ1n) is 12.5.